The summed E-state index contributed by atoms with van der Waals surface area (Å²) < 4.78 is 0.954. The second kappa shape index (κ2) is 3.77. The Morgan fingerprint density at radius 1 is 1.55 bits per heavy atom. The number of aryl methyl sites for hydroxylation is 1. The maximum absolute atomic E-state index is 4.52. The van der Waals surface area contributed by atoms with E-state index in [0.717, 1.165) is 15.7 Å². The van der Waals surface area contributed by atoms with Crippen LogP contribution in [0, 0.1) is 6.92 Å². The van der Waals surface area contributed by atoms with Crippen LogP contribution in [0.3, 0.4) is 0 Å². The molecule has 0 aliphatic rings. The van der Waals surface area contributed by atoms with Gasteiger partial charge in [-0.2, -0.15) is 4.99 Å². The number of benzene rings is 1. The molecule has 0 aliphatic heterocycles. The van der Waals surface area contributed by atoms with E-state index < -0.39 is 0 Å². The Hall–Kier alpha value is -0.500. The highest BCUT2D eigenvalue weighted by molar-refractivity contribution is 9.10. The molecule has 0 radical (unpaired) electrons. The minimum absolute atomic E-state index is 0.863. The topological polar surface area (TPSA) is 12.4 Å². The maximum atomic E-state index is 4.52. The van der Waals surface area contributed by atoms with Crippen molar-refractivity contribution in [3.05, 3.63) is 28.2 Å². The van der Waals surface area contributed by atoms with Gasteiger partial charge in [-0.05, 0) is 46.7 Å². The fourth-order valence-electron chi connectivity index (χ4n) is 0.810. The van der Waals surface area contributed by atoms with Gasteiger partial charge >= 0.3 is 0 Å². The molecule has 0 fully saturated rings. The predicted octanol–water partition coefficient (Wildman–Crippen LogP) is 3.49. The van der Waals surface area contributed by atoms with Gasteiger partial charge in [0.15, 0.2) is 0 Å². The van der Waals surface area contributed by atoms with Crippen LogP contribution >= 0.6 is 28.1 Å². The average Bonchev–Trinajstić information content (AvgIpc) is 1.97. The first kappa shape index (κ1) is 8.60. The largest absolute Gasteiger partial charge is 0.193 e. The molecule has 0 unspecified atom stereocenters. The quantitative estimate of drug-likeness (QED) is 0.529. The summed E-state index contributed by atoms with van der Waals surface area (Å²) in [5, 5.41) is 2.34. The highest BCUT2D eigenvalue weighted by Crippen LogP contribution is 2.27. The zero-order chi connectivity index (χ0) is 8.27. The van der Waals surface area contributed by atoms with Crippen molar-refractivity contribution >= 4 is 39.0 Å². The minimum atomic E-state index is 0.863. The third-order valence-corrected chi connectivity index (χ3v) is 2.08. The van der Waals surface area contributed by atoms with Crippen LogP contribution in [0.5, 0.6) is 0 Å². The van der Waals surface area contributed by atoms with Gasteiger partial charge in [-0.1, -0.05) is 12.1 Å². The van der Waals surface area contributed by atoms with Crippen molar-refractivity contribution in [2.75, 3.05) is 0 Å². The first-order valence-corrected chi connectivity index (χ1v) is 4.29. The van der Waals surface area contributed by atoms with Crippen molar-refractivity contribution in [1.29, 1.82) is 0 Å². The first-order chi connectivity index (χ1) is 5.25. The van der Waals surface area contributed by atoms with E-state index >= 15 is 0 Å². The van der Waals surface area contributed by atoms with Crippen molar-refractivity contribution in [3.63, 3.8) is 0 Å². The molecule has 3 heteroatoms. The highest BCUT2D eigenvalue weighted by atomic mass is 79.9. The SMILES string of the molecule is Cc1cccc(Br)c1N=C=S. The molecule has 0 spiro atoms. The summed E-state index contributed by atoms with van der Waals surface area (Å²) in [5.41, 5.74) is 1.96. The molecule has 1 nitrogen and oxygen atoms in total. The Kier molecular flexibility index (Phi) is 2.94. The van der Waals surface area contributed by atoms with Crippen LogP contribution in [0.1, 0.15) is 5.56 Å². The van der Waals surface area contributed by atoms with E-state index in [1.54, 1.807) is 0 Å². The van der Waals surface area contributed by atoms with Crippen LogP contribution in [0.2, 0.25) is 0 Å². The van der Waals surface area contributed by atoms with E-state index in [1.165, 1.54) is 0 Å². The van der Waals surface area contributed by atoms with Gasteiger partial charge in [0.05, 0.1) is 10.8 Å². The van der Waals surface area contributed by atoms with Crippen LogP contribution in [0.25, 0.3) is 0 Å². The van der Waals surface area contributed by atoms with E-state index in [0.29, 0.717) is 0 Å². The third kappa shape index (κ3) is 1.96. The Bertz CT molecular complexity index is 296. The fourth-order valence-corrected chi connectivity index (χ4v) is 1.46. The predicted molar refractivity (Wildman–Crippen MR) is 53.6 cm³/mol. The number of thiocarbonyl (C=S) groups is 1. The lowest BCUT2D eigenvalue weighted by atomic mass is 10.2. The van der Waals surface area contributed by atoms with E-state index in [1.807, 2.05) is 25.1 Å². The monoisotopic (exact) mass is 227 g/mol. The molecule has 1 rings (SSSR count). The Morgan fingerprint density at radius 2 is 2.27 bits per heavy atom. The summed E-state index contributed by atoms with van der Waals surface area (Å²) in [6, 6.07) is 5.87. The summed E-state index contributed by atoms with van der Waals surface area (Å²) >= 11 is 7.88. The minimum Gasteiger partial charge on any atom is -0.193 e. The molecule has 0 saturated heterocycles. The van der Waals surface area contributed by atoms with Crippen molar-refractivity contribution in [3.8, 4) is 0 Å². The summed E-state index contributed by atoms with van der Waals surface area (Å²) in [7, 11) is 0. The molecule has 56 valence electrons. The lowest BCUT2D eigenvalue weighted by molar-refractivity contribution is 1.39. The van der Waals surface area contributed by atoms with Crippen LogP contribution in [-0.2, 0) is 0 Å². The second-order valence-electron chi connectivity index (χ2n) is 2.11. The standard InChI is InChI=1S/C8H6BrNS/c1-6-3-2-4-7(9)8(6)10-5-11/h2-4H,1H3. The number of isothiocyanates is 1. The molecule has 0 N–H and O–H groups in total. The van der Waals surface area contributed by atoms with Crippen LogP contribution in [0.4, 0.5) is 5.69 Å². The molecule has 0 amide bonds. The molecule has 0 saturated carbocycles. The van der Waals surface area contributed by atoms with E-state index in [2.05, 4.69) is 38.3 Å². The van der Waals surface area contributed by atoms with E-state index in [-0.39, 0.29) is 0 Å². The lowest BCUT2D eigenvalue weighted by Gasteiger charge is -1.98. The van der Waals surface area contributed by atoms with Gasteiger partial charge in [-0.15, -0.1) is 0 Å². The van der Waals surface area contributed by atoms with Gasteiger partial charge in [-0.3, -0.25) is 0 Å². The van der Waals surface area contributed by atoms with Crippen molar-refractivity contribution in [2.45, 2.75) is 6.92 Å². The molecule has 1 aromatic rings. The molecule has 0 aliphatic carbocycles. The lowest BCUT2D eigenvalue weighted by Crippen LogP contribution is -1.74. The zero-order valence-corrected chi connectivity index (χ0v) is 8.37. The van der Waals surface area contributed by atoms with Gasteiger partial charge in [0.1, 0.15) is 0 Å². The summed E-state index contributed by atoms with van der Waals surface area (Å²) in [6.45, 7) is 1.98. The summed E-state index contributed by atoms with van der Waals surface area (Å²) in [6.07, 6.45) is 0. The molecule has 1 aromatic carbocycles. The smallest absolute Gasteiger partial charge is 0.0910 e. The van der Waals surface area contributed by atoms with Gasteiger partial charge in [-0.25, -0.2) is 0 Å². The second-order valence-corrected chi connectivity index (χ2v) is 3.15. The number of aliphatic imine (C=N–C) groups is 1. The number of para-hydroxylation sites is 1. The molecule has 0 aromatic heterocycles. The first-order valence-electron chi connectivity index (χ1n) is 3.08. The van der Waals surface area contributed by atoms with Crippen molar-refractivity contribution in [1.82, 2.24) is 0 Å². The number of hydrogen-bond donors (Lipinski definition) is 0. The molecule has 0 bridgehead atoms. The maximum Gasteiger partial charge on any atom is 0.0910 e. The Morgan fingerprint density at radius 3 is 2.82 bits per heavy atom. The van der Waals surface area contributed by atoms with Crippen molar-refractivity contribution in [2.24, 2.45) is 4.99 Å². The third-order valence-electron chi connectivity index (χ3n) is 1.35. The van der Waals surface area contributed by atoms with Crippen molar-refractivity contribution < 1.29 is 0 Å². The molecule has 0 heterocycles. The van der Waals surface area contributed by atoms with Gasteiger partial charge in [0, 0.05) is 4.47 Å². The zero-order valence-electron chi connectivity index (χ0n) is 5.97. The number of nitrogens with zero attached hydrogens (tertiary/aromatic N) is 1. The van der Waals surface area contributed by atoms with Crippen LogP contribution in [-0.4, -0.2) is 5.16 Å². The molecule has 0 atom stereocenters. The normalized spacial score (nSPS) is 8.91. The van der Waals surface area contributed by atoms with E-state index in [9.17, 15) is 0 Å². The Balaban J connectivity index is 3.31. The number of rotatable bonds is 1. The highest BCUT2D eigenvalue weighted by Gasteiger charge is 1.98. The Labute approximate surface area is 79.3 Å². The fraction of sp³-hybridized carbons (Fsp3) is 0.125. The van der Waals surface area contributed by atoms with Gasteiger partial charge in [0.25, 0.3) is 0 Å². The van der Waals surface area contributed by atoms with Gasteiger partial charge < -0.3 is 0 Å². The van der Waals surface area contributed by atoms with Crippen LogP contribution in [0.15, 0.2) is 27.7 Å². The van der Waals surface area contributed by atoms with Gasteiger partial charge in [0.2, 0.25) is 0 Å². The molecular formula is C8H6BrNS. The summed E-state index contributed by atoms with van der Waals surface area (Å²) in [4.78, 5) is 3.92. The molecular weight excluding hydrogens is 222 g/mol. The number of halogens is 1. The number of hydrogen-bond acceptors (Lipinski definition) is 2. The molecule has 11 heavy (non-hydrogen) atoms. The average molecular weight is 228 g/mol. The van der Waals surface area contributed by atoms with E-state index in [4.69, 9.17) is 0 Å². The van der Waals surface area contributed by atoms with Crippen LogP contribution < -0.4 is 0 Å². The summed E-state index contributed by atoms with van der Waals surface area (Å²) in [5.74, 6) is 0.